The van der Waals surface area contributed by atoms with Gasteiger partial charge >= 0.3 is 5.97 Å². The lowest BCUT2D eigenvalue weighted by atomic mass is 10.0. The van der Waals surface area contributed by atoms with Crippen LogP contribution in [0.1, 0.15) is 67.1 Å². The molecule has 1 heterocycles. The van der Waals surface area contributed by atoms with E-state index in [9.17, 15) is 18.4 Å². The van der Waals surface area contributed by atoms with Crippen LogP contribution in [0.15, 0.2) is 41.3 Å². The maximum absolute atomic E-state index is 15.7. The topological polar surface area (TPSA) is 88.5 Å². The molecule has 0 saturated carbocycles. The number of carboxylic acids is 1. The average Bonchev–Trinajstić information content (AvgIpc) is 3.38. The Balaban J connectivity index is 1.80. The van der Waals surface area contributed by atoms with E-state index < -0.39 is 41.0 Å². The highest BCUT2D eigenvalue weighted by atomic mass is 32.2. The number of amides is 1. The molecule has 1 aromatic heterocycles. The van der Waals surface area contributed by atoms with Crippen LogP contribution in [0.4, 0.5) is 18.3 Å². The van der Waals surface area contributed by atoms with Crippen LogP contribution in [-0.2, 0) is 9.53 Å². The SMILES string of the molecule is CCCCCOC(CCSC)c1cccc(-c2csc(NC(=O)c3cc(F)c(/C=C(\C)C(=O)O)c(F)c3)n2)c1F. The minimum Gasteiger partial charge on any atom is -0.478 e. The molecule has 0 bridgehead atoms. The number of aliphatic carboxylic acids is 1. The summed E-state index contributed by atoms with van der Waals surface area (Å²) in [6.45, 7) is 3.85. The molecule has 0 aliphatic rings. The summed E-state index contributed by atoms with van der Waals surface area (Å²) in [7, 11) is 0. The summed E-state index contributed by atoms with van der Waals surface area (Å²) in [5, 5.41) is 13.1. The maximum Gasteiger partial charge on any atom is 0.331 e. The van der Waals surface area contributed by atoms with Crippen LogP contribution in [-0.4, -0.2) is 40.6 Å². The number of carbonyl (C=O) groups excluding carboxylic acids is 1. The van der Waals surface area contributed by atoms with Gasteiger partial charge in [0.2, 0.25) is 0 Å². The van der Waals surface area contributed by atoms with E-state index in [2.05, 4.69) is 17.2 Å². The molecule has 0 aliphatic heterocycles. The van der Waals surface area contributed by atoms with Gasteiger partial charge in [0.15, 0.2) is 5.13 Å². The van der Waals surface area contributed by atoms with E-state index in [1.807, 2.05) is 6.26 Å². The average molecular weight is 593 g/mol. The number of rotatable bonds is 14. The van der Waals surface area contributed by atoms with Crippen LogP contribution < -0.4 is 5.32 Å². The molecule has 2 aromatic carbocycles. The lowest BCUT2D eigenvalue weighted by molar-refractivity contribution is -0.132. The summed E-state index contributed by atoms with van der Waals surface area (Å²) >= 11 is 2.70. The fraction of sp³-hybridized carbons (Fsp3) is 0.345. The van der Waals surface area contributed by atoms with Crippen molar-refractivity contribution in [3.05, 3.63) is 75.4 Å². The van der Waals surface area contributed by atoms with Crippen molar-refractivity contribution in [2.75, 3.05) is 23.9 Å². The molecular weight excluding hydrogens is 561 g/mol. The Morgan fingerprint density at radius 2 is 1.93 bits per heavy atom. The normalized spacial score (nSPS) is 12.4. The second-order valence-corrected chi connectivity index (χ2v) is 10.9. The van der Waals surface area contributed by atoms with E-state index in [1.54, 1.807) is 35.3 Å². The van der Waals surface area contributed by atoms with E-state index in [1.165, 1.54) is 6.92 Å². The quantitative estimate of drug-likeness (QED) is 0.146. The smallest absolute Gasteiger partial charge is 0.331 e. The predicted octanol–water partition coefficient (Wildman–Crippen LogP) is 7.97. The zero-order chi connectivity index (χ0) is 29.2. The highest BCUT2D eigenvalue weighted by Crippen LogP contribution is 2.33. The molecule has 11 heteroatoms. The van der Waals surface area contributed by atoms with E-state index >= 15 is 4.39 Å². The van der Waals surface area contributed by atoms with Gasteiger partial charge in [-0.25, -0.2) is 22.9 Å². The van der Waals surface area contributed by atoms with E-state index in [0.29, 0.717) is 24.3 Å². The van der Waals surface area contributed by atoms with Gasteiger partial charge in [-0.15, -0.1) is 11.3 Å². The molecule has 3 aromatic rings. The Hall–Kier alpha value is -3.15. The Morgan fingerprint density at radius 3 is 2.58 bits per heavy atom. The van der Waals surface area contributed by atoms with Crippen LogP contribution >= 0.6 is 23.1 Å². The van der Waals surface area contributed by atoms with Gasteiger partial charge in [-0.1, -0.05) is 31.9 Å². The van der Waals surface area contributed by atoms with Gasteiger partial charge in [-0.2, -0.15) is 11.8 Å². The third kappa shape index (κ3) is 8.18. The number of carbonyl (C=O) groups is 2. The van der Waals surface area contributed by atoms with Crippen molar-refractivity contribution in [3.63, 3.8) is 0 Å². The highest BCUT2D eigenvalue weighted by molar-refractivity contribution is 7.98. The zero-order valence-electron chi connectivity index (χ0n) is 22.4. The number of hydrogen-bond acceptors (Lipinski definition) is 6. The Kier molecular flexibility index (Phi) is 11.8. The van der Waals surface area contributed by atoms with Gasteiger partial charge in [0, 0.05) is 39.8 Å². The molecule has 214 valence electrons. The molecular formula is C29H31F3N2O4S2. The number of thioether (sulfide) groups is 1. The summed E-state index contributed by atoms with van der Waals surface area (Å²) in [6, 6.07) is 6.66. The van der Waals surface area contributed by atoms with Gasteiger partial charge in [0.1, 0.15) is 17.5 Å². The predicted molar refractivity (Wildman–Crippen MR) is 154 cm³/mol. The lowest BCUT2D eigenvalue weighted by Crippen LogP contribution is -2.13. The van der Waals surface area contributed by atoms with Crippen molar-refractivity contribution in [1.82, 2.24) is 4.98 Å². The van der Waals surface area contributed by atoms with Crippen LogP contribution in [0.2, 0.25) is 0 Å². The standard InChI is InChI=1S/C29H31F3N2O4S2/c1-4-5-6-11-38-25(10-12-39-3)20-9-7-8-19(26(20)32)24-16-40-29(33-24)34-27(35)18-14-22(30)21(23(31)15-18)13-17(2)28(36)37/h7-9,13-16,25H,4-6,10-12H2,1-3H3,(H,36,37)(H,33,34,35)/b17-13+. The minimum atomic E-state index is -1.32. The number of anilines is 1. The first-order valence-corrected chi connectivity index (χ1v) is 15.0. The van der Waals surface area contributed by atoms with Crippen LogP contribution in [0.3, 0.4) is 0 Å². The van der Waals surface area contributed by atoms with E-state index in [4.69, 9.17) is 9.84 Å². The first-order chi connectivity index (χ1) is 19.2. The van der Waals surface area contributed by atoms with Crippen molar-refractivity contribution in [2.24, 2.45) is 0 Å². The first kappa shape index (κ1) is 31.4. The van der Waals surface area contributed by atoms with Crippen molar-refractivity contribution in [1.29, 1.82) is 0 Å². The van der Waals surface area contributed by atoms with Gasteiger partial charge in [0.05, 0.1) is 11.8 Å². The molecule has 0 fully saturated rings. The number of nitrogens with zero attached hydrogens (tertiary/aromatic N) is 1. The second kappa shape index (κ2) is 15.0. The highest BCUT2D eigenvalue weighted by Gasteiger charge is 2.21. The van der Waals surface area contributed by atoms with E-state index in [-0.39, 0.29) is 21.8 Å². The van der Waals surface area contributed by atoms with E-state index in [0.717, 1.165) is 54.6 Å². The minimum absolute atomic E-state index is 0.117. The number of nitrogens with one attached hydrogen (secondary N) is 1. The number of hydrogen-bond donors (Lipinski definition) is 2. The molecule has 0 saturated heterocycles. The second-order valence-electron chi connectivity index (χ2n) is 9.03. The number of thiazole rings is 1. The summed E-state index contributed by atoms with van der Waals surface area (Å²) in [4.78, 5) is 28.0. The summed E-state index contributed by atoms with van der Waals surface area (Å²) in [6.07, 6.45) is 6.10. The summed E-state index contributed by atoms with van der Waals surface area (Å²) in [5.74, 6) is -3.95. The summed E-state index contributed by atoms with van der Waals surface area (Å²) in [5.41, 5.74) is -0.144. The molecule has 1 unspecified atom stereocenters. The van der Waals surface area contributed by atoms with Crippen molar-refractivity contribution in [3.8, 4) is 11.3 Å². The van der Waals surface area contributed by atoms with Gasteiger partial charge in [0.25, 0.3) is 5.91 Å². The van der Waals surface area contributed by atoms with Gasteiger partial charge < -0.3 is 9.84 Å². The Bertz CT molecular complexity index is 1350. The van der Waals surface area contributed by atoms with Crippen LogP contribution in [0, 0.1) is 17.5 Å². The zero-order valence-corrected chi connectivity index (χ0v) is 24.1. The molecule has 2 N–H and O–H groups in total. The van der Waals surface area contributed by atoms with Gasteiger partial charge in [-0.3, -0.25) is 10.1 Å². The fourth-order valence-electron chi connectivity index (χ4n) is 3.88. The van der Waals surface area contributed by atoms with Crippen molar-refractivity contribution < 1.29 is 32.6 Å². The number of unbranched alkanes of at least 4 members (excludes halogenated alkanes) is 2. The third-order valence-corrected chi connectivity index (χ3v) is 7.47. The first-order valence-electron chi connectivity index (χ1n) is 12.7. The molecule has 6 nitrogen and oxygen atoms in total. The van der Waals surface area contributed by atoms with Crippen LogP contribution in [0.5, 0.6) is 0 Å². The summed E-state index contributed by atoms with van der Waals surface area (Å²) < 4.78 is 50.7. The molecule has 1 atom stereocenters. The maximum atomic E-state index is 15.7. The third-order valence-electron chi connectivity index (χ3n) is 6.07. The molecule has 40 heavy (non-hydrogen) atoms. The van der Waals surface area contributed by atoms with Gasteiger partial charge in [-0.05, 0) is 56.0 Å². The Morgan fingerprint density at radius 1 is 1.20 bits per heavy atom. The largest absolute Gasteiger partial charge is 0.478 e. The van der Waals surface area contributed by atoms with Crippen LogP contribution in [0.25, 0.3) is 17.3 Å². The molecule has 3 rings (SSSR count). The van der Waals surface area contributed by atoms with Crippen molar-refractivity contribution >= 4 is 46.2 Å². The Labute approximate surface area is 239 Å². The lowest BCUT2D eigenvalue weighted by Gasteiger charge is -2.19. The fourth-order valence-corrected chi connectivity index (χ4v) is 5.04. The number of aromatic nitrogens is 1. The molecule has 0 aliphatic carbocycles. The molecule has 1 amide bonds. The monoisotopic (exact) mass is 592 g/mol. The van der Waals surface area contributed by atoms with Crippen molar-refractivity contribution in [2.45, 2.75) is 45.6 Å². The molecule has 0 spiro atoms. The number of benzene rings is 2. The number of halogens is 3. The number of carboxylic acid groups (broad SMARTS) is 1. The molecule has 0 radical (unpaired) electrons. The number of ether oxygens (including phenoxy) is 1.